The average molecular weight is 182 g/mol. The molecule has 0 aliphatic carbocycles. The molecule has 0 fully saturated rings. The monoisotopic (exact) mass is 181 g/mol. The van der Waals surface area contributed by atoms with E-state index in [1.54, 1.807) is 18.2 Å². The molecular formula is C9H8ClNO. The topological polar surface area (TPSA) is 30.0 Å². The Morgan fingerprint density at radius 1 is 1.50 bits per heavy atom. The van der Waals surface area contributed by atoms with Crippen molar-refractivity contribution in [3.05, 3.63) is 35.1 Å². The summed E-state index contributed by atoms with van der Waals surface area (Å²) in [5.74, 6) is 0. The summed E-state index contributed by atoms with van der Waals surface area (Å²) in [6, 6.07) is 5.35. The predicted molar refractivity (Wildman–Crippen MR) is 49.0 cm³/mol. The van der Waals surface area contributed by atoms with Crippen molar-refractivity contribution in [2.45, 2.75) is 6.42 Å². The van der Waals surface area contributed by atoms with Crippen LogP contribution in [0.3, 0.4) is 0 Å². The van der Waals surface area contributed by atoms with Crippen molar-refractivity contribution in [3.8, 4) is 0 Å². The third-order valence-electron chi connectivity index (χ3n) is 1.26. The molecule has 12 heavy (non-hydrogen) atoms. The fraction of sp³-hybridized carbons (Fsp3) is 0.111. The quantitative estimate of drug-likeness (QED) is 0.529. The Balaban J connectivity index is 2.69. The van der Waals surface area contributed by atoms with E-state index in [-0.39, 0.29) is 0 Å². The van der Waals surface area contributed by atoms with Crippen molar-refractivity contribution < 1.29 is 4.79 Å². The van der Waals surface area contributed by atoms with Crippen molar-refractivity contribution in [1.82, 2.24) is 4.98 Å². The fourth-order valence-electron chi connectivity index (χ4n) is 0.761. The first-order valence-electron chi connectivity index (χ1n) is 3.55. The highest BCUT2D eigenvalue weighted by Gasteiger charge is 1.88. The lowest BCUT2D eigenvalue weighted by Crippen LogP contribution is -1.79. The lowest BCUT2D eigenvalue weighted by Gasteiger charge is -1.91. The molecule has 0 aliphatic rings. The van der Waals surface area contributed by atoms with Gasteiger partial charge < -0.3 is 4.79 Å². The van der Waals surface area contributed by atoms with Gasteiger partial charge in [-0.15, -0.1) is 0 Å². The third kappa shape index (κ3) is 2.84. The van der Waals surface area contributed by atoms with Crippen molar-refractivity contribution in [3.63, 3.8) is 0 Å². The highest BCUT2D eigenvalue weighted by molar-refractivity contribution is 6.29. The van der Waals surface area contributed by atoms with Crippen LogP contribution in [-0.4, -0.2) is 11.3 Å². The summed E-state index contributed by atoms with van der Waals surface area (Å²) < 4.78 is 0. The van der Waals surface area contributed by atoms with Crippen molar-refractivity contribution >= 4 is 24.0 Å². The normalized spacial score (nSPS) is 10.4. The second-order valence-electron chi connectivity index (χ2n) is 2.19. The molecule has 1 aromatic rings. The van der Waals surface area contributed by atoms with Gasteiger partial charge in [0.15, 0.2) is 0 Å². The number of hydrogen-bond donors (Lipinski definition) is 0. The van der Waals surface area contributed by atoms with Crippen LogP contribution >= 0.6 is 11.6 Å². The molecule has 1 heterocycles. The van der Waals surface area contributed by atoms with Crippen LogP contribution in [0.1, 0.15) is 12.1 Å². The van der Waals surface area contributed by atoms with Gasteiger partial charge in [-0.2, -0.15) is 0 Å². The summed E-state index contributed by atoms with van der Waals surface area (Å²) in [7, 11) is 0. The van der Waals surface area contributed by atoms with Crippen molar-refractivity contribution in [2.75, 3.05) is 0 Å². The first-order chi connectivity index (χ1) is 5.83. The first kappa shape index (κ1) is 8.94. The average Bonchev–Trinajstić information content (AvgIpc) is 2.05. The molecule has 2 nitrogen and oxygen atoms in total. The fourth-order valence-corrected chi connectivity index (χ4v) is 0.931. The van der Waals surface area contributed by atoms with E-state index in [0.717, 1.165) is 12.0 Å². The smallest absolute Gasteiger partial charge is 0.129 e. The van der Waals surface area contributed by atoms with E-state index in [2.05, 4.69) is 4.98 Å². The van der Waals surface area contributed by atoms with Gasteiger partial charge in [0.2, 0.25) is 0 Å². The van der Waals surface area contributed by atoms with Crippen LogP contribution in [0, 0.1) is 0 Å². The standard InChI is InChI=1S/C9H8ClNO/c10-9-6-3-5-8(11-9)4-1-2-7-12/h1,3-7H,2H2. The molecule has 0 bridgehead atoms. The van der Waals surface area contributed by atoms with Gasteiger partial charge in [0.25, 0.3) is 0 Å². The molecule has 1 aromatic heterocycles. The lowest BCUT2D eigenvalue weighted by atomic mass is 10.3. The molecule has 0 aromatic carbocycles. The minimum absolute atomic E-state index is 0.411. The molecule has 62 valence electrons. The number of aldehydes is 1. The maximum atomic E-state index is 9.96. The highest BCUT2D eigenvalue weighted by atomic mass is 35.5. The zero-order chi connectivity index (χ0) is 8.81. The van der Waals surface area contributed by atoms with Crippen LogP contribution in [0.2, 0.25) is 5.15 Å². The van der Waals surface area contributed by atoms with E-state index in [1.807, 2.05) is 12.1 Å². The van der Waals surface area contributed by atoms with Gasteiger partial charge in [-0.05, 0) is 18.2 Å². The van der Waals surface area contributed by atoms with Crippen molar-refractivity contribution in [2.24, 2.45) is 0 Å². The molecule has 0 radical (unpaired) electrons. The second-order valence-corrected chi connectivity index (χ2v) is 2.58. The molecule has 0 atom stereocenters. The van der Waals surface area contributed by atoms with E-state index in [4.69, 9.17) is 11.6 Å². The summed E-state index contributed by atoms with van der Waals surface area (Å²) >= 11 is 5.64. The zero-order valence-corrected chi connectivity index (χ0v) is 7.16. The Morgan fingerprint density at radius 3 is 3.00 bits per heavy atom. The van der Waals surface area contributed by atoms with Gasteiger partial charge in [0.1, 0.15) is 11.4 Å². The number of carbonyl (C=O) groups is 1. The summed E-state index contributed by atoms with van der Waals surface area (Å²) in [5.41, 5.74) is 0.768. The van der Waals surface area contributed by atoms with Crippen LogP contribution in [0.4, 0.5) is 0 Å². The van der Waals surface area contributed by atoms with Gasteiger partial charge in [-0.25, -0.2) is 4.98 Å². The number of pyridine rings is 1. The molecule has 0 aliphatic heterocycles. The van der Waals surface area contributed by atoms with Crippen LogP contribution in [0.25, 0.3) is 6.08 Å². The minimum atomic E-state index is 0.411. The summed E-state index contributed by atoms with van der Waals surface area (Å²) in [6.45, 7) is 0. The Labute approximate surface area is 75.9 Å². The lowest BCUT2D eigenvalue weighted by molar-refractivity contribution is -0.107. The number of hydrogen-bond acceptors (Lipinski definition) is 2. The van der Waals surface area contributed by atoms with E-state index < -0.39 is 0 Å². The maximum Gasteiger partial charge on any atom is 0.129 e. The summed E-state index contributed by atoms with van der Waals surface area (Å²) in [6.07, 6.45) is 4.75. The largest absolute Gasteiger partial charge is 0.303 e. The zero-order valence-electron chi connectivity index (χ0n) is 6.40. The van der Waals surface area contributed by atoms with E-state index in [0.29, 0.717) is 11.6 Å². The van der Waals surface area contributed by atoms with Gasteiger partial charge in [0.05, 0.1) is 5.69 Å². The molecule has 0 amide bonds. The van der Waals surface area contributed by atoms with E-state index >= 15 is 0 Å². The molecule has 3 heteroatoms. The number of aromatic nitrogens is 1. The number of allylic oxidation sites excluding steroid dienone is 1. The Kier molecular flexibility index (Phi) is 3.48. The van der Waals surface area contributed by atoms with Crippen LogP contribution in [-0.2, 0) is 4.79 Å². The van der Waals surface area contributed by atoms with Gasteiger partial charge in [-0.3, -0.25) is 0 Å². The summed E-state index contributed by atoms with van der Waals surface area (Å²) in [5, 5.41) is 0.461. The molecule has 0 saturated heterocycles. The summed E-state index contributed by atoms with van der Waals surface area (Å²) in [4.78, 5) is 14.0. The first-order valence-corrected chi connectivity index (χ1v) is 3.93. The predicted octanol–water partition coefficient (Wildman–Crippen LogP) is 2.34. The Morgan fingerprint density at radius 2 is 2.33 bits per heavy atom. The Bertz CT molecular complexity index is 296. The van der Waals surface area contributed by atoms with Gasteiger partial charge in [-0.1, -0.05) is 23.7 Å². The number of rotatable bonds is 3. The van der Waals surface area contributed by atoms with Crippen molar-refractivity contribution in [1.29, 1.82) is 0 Å². The SMILES string of the molecule is O=CCC=Cc1cccc(Cl)n1. The molecular weight excluding hydrogens is 174 g/mol. The number of nitrogens with zero attached hydrogens (tertiary/aromatic N) is 1. The van der Waals surface area contributed by atoms with Gasteiger partial charge in [0, 0.05) is 6.42 Å². The third-order valence-corrected chi connectivity index (χ3v) is 1.47. The van der Waals surface area contributed by atoms with Crippen LogP contribution in [0.5, 0.6) is 0 Å². The van der Waals surface area contributed by atoms with E-state index in [9.17, 15) is 4.79 Å². The van der Waals surface area contributed by atoms with E-state index in [1.165, 1.54) is 0 Å². The maximum absolute atomic E-state index is 9.96. The van der Waals surface area contributed by atoms with Crippen LogP contribution < -0.4 is 0 Å². The molecule has 0 saturated carbocycles. The Hall–Kier alpha value is -1.15. The number of halogens is 1. The molecule has 0 N–H and O–H groups in total. The van der Waals surface area contributed by atoms with Crippen LogP contribution in [0.15, 0.2) is 24.3 Å². The second kappa shape index (κ2) is 4.67. The number of carbonyl (C=O) groups excluding carboxylic acids is 1. The van der Waals surface area contributed by atoms with Gasteiger partial charge >= 0.3 is 0 Å². The minimum Gasteiger partial charge on any atom is -0.303 e. The molecule has 1 rings (SSSR count). The highest BCUT2D eigenvalue weighted by Crippen LogP contribution is 2.06. The molecule has 0 unspecified atom stereocenters. The molecule has 0 spiro atoms.